The predicted octanol–water partition coefficient (Wildman–Crippen LogP) is 3.46. The summed E-state index contributed by atoms with van der Waals surface area (Å²) in [6.45, 7) is 1.04. The van der Waals surface area contributed by atoms with Crippen LogP contribution in [0.2, 0.25) is 0 Å². The first-order valence-corrected chi connectivity index (χ1v) is 12.6. The maximum Gasteiger partial charge on any atom is 0.256 e. The van der Waals surface area contributed by atoms with Crippen molar-refractivity contribution in [1.82, 2.24) is 19.2 Å². The first kappa shape index (κ1) is 22.9. The van der Waals surface area contributed by atoms with Crippen LogP contribution < -0.4 is 10.1 Å². The number of carbonyl (C=O) groups excluding carboxylic acids is 1. The van der Waals surface area contributed by atoms with Gasteiger partial charge in [-0.05, 0) is 48.5 Å². The van der Waals surface area contributed by atoms with Crippen molar-refractivity contribution < 1.29 is 17.9 Å². The van der Waals surface area contributed by atoms with Crippen LogP contribution >= 0.6 is 0 Å². The summed E-state index contributed by atoms with van der Waals surface area (Å²) >= 11 is 0. The Morgan fingerprint density at radius 1 is 1.00 bits per heavy atom. The lowest BCUT2D eigenvalue weighted by Gasteiger charge is -2.34. The summed E-state index contributed by atoms with van der Waals surface area (Å²) in [5.74, 6) is 0.603. The number of rotatable bonds is 6. The molecule has 0 bridgehead atoms. The molecule has 2 aromatic heterocycles. The molecule has 35 heavy (non-hydrogen) atoms. The van der Waals surface area contributed by atoms with Gasteiger partial charge in [-0.2, -0.15) is 4.31 Å². The molecule has 5 rings (SSSR count). The molecule has 0 atom stereocenters. The zero-order valence-corrected chi connectivity index (χ0v) is 20.0. The number of nitrogens with one attached hydrogen (secondary N) is 2. The van der Waals surface area contributed by atoms with Crippen LogP contribution in [0.1, 0.15) is 10.4 Å². The number of ether oxygens (including phenoxy) is 1. The zero-order chi connectivity index (χ0) is 24.4. The third-order valence-electron chi connectivity index (χ3n) is 6.08. The van der Waals surface area contributed by atoms with E-state index >= 15 is 0 Å². The van der Waals surface area contributed by atoms with Gasteiger partial charge in [0.25, 0.3) is 5.91 Å². The van der Waals surface area contributed by atoms with Gasteiger partial charge in [0, 0.05) is 49.6 Å². The maximum atomic E-state index is 13.4. The fourth-order valence-corrected chi connectivity index (χ4v) is 5.77. The molecule has 0 unspecified atom stereocenters. The molecule has 1 saturated heterocycles. The van der Waals surface area contributed by atoms with Gasteiger partial charge in [-0.25, -0.2) is 13.4 Å². The Balaban J connectivity index is 1.30. The first-order chi connectivity index (χ1) is 17.0. The van der Waals surface area contributed by atoms with Crippen molar-refractivity contribution in [3.05, 3.63) is 78.6 Å². The van der Waals surface area contributed by atoms with Crippen LogP contribution in [0, 0.1) is 0 Å². The van der Waals surface area contributed by atoms with E-state index in [9.17, 15) is 13.2 Å². The number of pyridine rings is 1. The number of hydrogen-bond donors (Lipinski definition) is 2. The van der Waals surface area contributed by atoms with Gasteiger partial charge in [-0.15, -0.1) is 0 Å². The standard InChI is InChI=1S/C25H25N5O4S/c1-34-19-10-8-18(9-11-19)28-22-7-3-2-5-20(22)25(31)29-13-15-30(16-14-29)35(32,33)23-17-27-24-21(23)6-4-12-26-24/h2-12,17,28H,13-16H2,1H3,(H,26,27). The van der Waals surface area contributed by atoms with Crippen LogP contribution in [0.5, 0.6) is 5.75 Å². The minimum Gasteiger partial charge on any atom is -0.497 e. The summed E-state index contributed by atoms with van der Waals surface area (Å²) < 4.78 is 33.2. The Morgan fingerprint density at radius 3 is 2.49 bits per heavy atom. The lowest BCUT2D eigenvalue weighted by molar-refractivity contribution is 0.0699. The largest absolute Gasteiger partial charge is 0.497 e. The number of sulfonamides is 1. The number of amides is 1. The minimum absolute atomic E-state index is 0.144. The van der Waals surface area contributed by atoms with E-state index in [4.69, 9.17) is 4.74 Å². The van der Waals surface area contributed by atoms with Crippen LogP contribution in [0.4, 0.5) is 11.4 Å². The number of nitrogens with zero attached hydrogens (tertiary/aromatic N) is 3. The van der Waals surface area contributed by atoms with Crippen molar-refractivity contribution >= 4 is 38.3 Å². The highest BCUT2D eigenvalue weighted by atomic mass is 32.2. The molecule has 10 heteroatoms. The monoisotopic (exact) mass is 491 g/mol. The highest BCUT2D eigenvalue weighted by Crippen LogP contribution is 2.27. The molecular weight excluding hydrogens is 466 g/mol. The normalized spacial score (nSPS) is 14.7. The number of benzene rings is 2. The van der Waals surface area contributed by atoms with Gasteiger partial charge in [0.2, 0.25) is 10.0 Å². The Bertz CT molecular complexity index is 1460. The average Bonchev–Trinajstić information content (AvgIpc) is 3.34. The molecule has 180 valence electrons. The van der Waals surface area contributed by atoms with Crippen molar-refractivity contribution in [2.75, 3.05) is 38.6 Å². The lowest BCUT2D eigenvalue weighted by atomic mass is 10.1. The third kappa shape index (κ3) is 4.45. The van der Waals surface area contributed by atoms with E-state index in [1.165, 1.54) is 10.5 Å². The molecule has 9 nitrogen and oxygen atoms in total. The van der Waals surface area contributed by atoms with E-state index in [2.05, 4.69) is 15.3 Å². The Hall–Kier alpha value is -3.89. The fourth-order valence-electron chi connectivity index (χ4n) is 4.19. The smallest absolute Gasteiger partial charge is 0.256 e. The second kappa shape index (κ2) is 9.40. The van der Waals surface area contributed by atoms with Crippen molar-refractivity contribution in [1.29, 1.82) is 0 Å². The summed E-state index contributed by atoms with van der Waals surface area (Å²) in [5.41, 5.74) is 2.57. The van der Waals surface area contributed by atoms with E-state index < -0.39 is 10.0 Å². The molecule has 1 amide bonds. The van der Waals surface area contributed by atoms with Crippen LogP contribution in [0.25, 0.3) is 11.0 Å². The summed E-state index contributed by atoms with van der Waals surface area (Å²) in [7, 11) is -2.10. The molecule has 2 aromatic carbocycles. The van der Waals surface area contributed by atoms with Crippen LogP contribution in [0.15, 0.2) is 78.0 Å². The number of fused-ring (bicyclic) bond motifs is 1. The summed E-state index contributed by atoms with van der Waals surface area (Å²) in [6.07, 6.45) is 3.09. The lowest BCUT2D eigenvalue weighted by Crippen LogP contribution is -2.50. The van der Waals surface area contributed by atoms with E-state index in [1.54, 1.807) is 36.4 Å². The SMILES string of the molecule is COc1ccc(Nc2ccccc2C(=O)N2CCN(S(=O)(=O)c3c[nH]c4ncccc34)CC2)cc1. The van der Waals surface area contributed by atoms with Crippen LogP contribution in [-0.4, -0.2) is 66.8 Å². The third-order valence-corrected chi connectivity index (χ3v) is 8.02. The van der Waals surface area contributed by atoms with E-state index in [0.717, 1.165) is 11.4 Å². The molecule has 0 aliphatic carbocycles. The fraction of sp³-hybridized carbons (Fsp3) is 0.200. The van der Waals surface area contributed by atoms with Crippen molar-refractivity contribution in [3.8, 4) is 5.75 Å². The first-order valence-electron chi connectivity index (χ1n) is 11.2. The number of aromatic amines is 1. The number of hydrogen-bond acceptors (Lipinski definition) is 6. The molecular formula is C25H25N5O4S. The number of methoxy groups -OCH3 is 1. The predicted molar refractivity (Wildman–Crippen MR) is 133 cm³/mol. The molecule has 1 aliphatic heterocycles. The van der Waals surface area contributed by atoms with Gasteiger partial charge in [0.05, 0.1) is 18.4 Å². The Labute approximate surface area is 203 Å². The quantitative estimate of drug-likeness (QED) is 0.428. The Morgan fingerprint density at radius 2 is 1.74 bits per heavy atom. The van der Waals surface area contributed by atoms with E-state index in [-0.39, 0.29) is 23.9 Å². The highest BCUT2D eigenvalue weighted by Gasteiger charge is 2.32. The van der Waals surface area contributed by atoms with Crippen LogP contribution in [-0.2, 0) is 10.0 Å². The second-order valence-corrected chi connectivity index (χ2v) is 10.1. The Kier molecular flexibility index (Phi) is 6.14. The molecule has 1 fully saturated rings. The maximum absolute atomic E-state index is 13.4. The van der Waals surface area contributed by atoms with Gasteiger partial charge in [-0.1, -0.05) is 12.1 Å². The average molecular weight is 492 g/mol. The molecule has 0 saturated carbocycles. The van der Waals surface area contributed by atoms with Gasteiger partial charge < -0.3 is 19.9 Å². The molecule has 4 aromatic rings. The number of anilines is 2. The summed E-state index contributed by atoms with van der Waals surface area (Å²) in [6, 6.07) is 18.2. The number of aromatic nitrogens is 2. The van der Waals surface area contributed by atoms with Gasteiger partial charge in [-0.3, -0.25) is 4.79 Å². The second-order valence-electron chi connectivity index (χ2n) is 8.15. The van der Waals surface area contributed by atoms with Gasteiger partial charge in [0.15, 0.2) is 0 Å². The van der Waals surface area contributed by atoms with E-state index in [1.807, 2.05) is 42.5 Å². The van der Waals surface area contributed by atoms with Crippen molar-refractivity contribution in [3.63, 3.8) is 0 Å². The topological polar surface area (TPSA) is 108 Å². The molecule has 1 aliphatic rings. The minimum atomic E-state index is -3.71. The zero-order valence-electron chi connectivity index (χ0n) is 19.1. The number of carbonyl (C=O) groups is 1. The highest BCUT2D eigenvalue weighted by molar-refractivity contribution is 7.89. The molecule has 0 radical (unpaired) electrons. The van der Waals surface area contributed by atoms with Crippen molar-refractivity contribution in [2.24, 2.45) is 0 Å². The molecule has 2 N–H and O–H groups in total. The summed E-state index contributed by atoms with van der Waals surface area (Å²) in [5, 5.41) is 3.85. The van der Waals surface area contributed by atoms with Crippen molar-refractivity contribution in [2.45, 2.75) is 4.90 Å². The van der Waals surface area contributed by atoms with Gasteiger partial charge >= 0.3 is 0 Å². The number of para-hydroxylation sites is 1. The van der Waals surface area contributed by atoms with Crippen LogP contribution in [0.3, 0.4) is 0 Å². The molecule has 3 heterocycles. The number of piperazine rings is 1. The molecule has 0 spiro atoms. The number of H-pyrrole nitrogens is 1. The van der Waals surface area contributed by atoms with Gasteiger partial charge in [0.1, 0.15) is 16.3 Å². The van der Waals surface area contributed by atoms with E-state index in [0.29, 0.717) is 35.4 Å². The summed E-state index contributed by atoms with van der Waals surface area (Å²) in [4.78, 5) is 22.3.